The molecule has 0 aromatic heterocycles. The van der Waals surface area contributed by atoms with Gasteiger partial charge in [0.2, 0.25) is 11.8 Å². The number of nitrogens with one attached hydrogen (secondary N) is 1. The molecule has 2 aromatic carbocycles. The molecule has 0 aliphatic carbocycles. The van der Waals surface area contributed by atoms with Crippen LogP contribution in [0.15, 0.2) is 55.1 Å². The van der Waals surface area contributed by atoms with E-state index in [4.69, 9.17) is 5.73 Å². The minimum absolute atomic E-state index is 0.0127. The highest BCUT2D eigenvalue weighted by Crippen LogP contribution is 2.36. The third-order valence-electron chi connectivity index (χ3n) is 5.08. The zero-order valence-corrected chi connectivity index (χ0v) is 16.3. The van der Waals surface area contributed by atoms with Crippen LogP contribution in [-0.2, 0) is 9.59 Å². The number of unbranched alkanes of at least 4 members (excludes halogenated alkanes) is 1. The van der Waals surface area contributed by atoms with Gasteiger partial charge in [-0.1, -0.05) is 24.3 Å². The van der Waals surface area contributed by atoms with Gasteiger partial charge in [-0.15, -0.1) is 6.58 Å². The molecule has 0 radical (unpaired) electrons. The Morgan fingerprint density at radius 2 is 1.93 bits per heavy atom. The molecule has 2 amide bonds. The van der Waals surface area contributed by atoms with Gasteiger partial charge in [0.15, 0.2) is 0 Å². The Morgan fingerprint density at radius 1 is 1.21 bits per heavy atom. The highest BCUT2D eigenvalue weighted by Gasteiger charge is 2.25. The maximum Gasteiger partial charge on any atom is 0.224 e. The van der Waals surface area contributed by atoms with Crippen LogP contribution in [-0.4, -0.2) is 18.4 Å². The largest absolute Gasteiger partial charge is 0.326 e. The molecule has 3 N–H and O–H groups in total. The Bertz CT molecular complexity index is 874. The molecule has 0 bridgehead atoms. The van der Waals surface area contributed by atoms with Crippen LogP contribution < -0.4 is 16.0 Å². The summed E-state index contributed by atoms with van der Waals surface area (Å²) in [4.78, 5) is 25.6. The van der Waals surface area contributed by atoms with E-state index >= 15 is 0 Å². The van der Waals surface area contributed by atoms with Gasteiger partial charge in [0.25, 0.3) is 0 Å². The number of carbonyl (C=O) groups excluding carboxylic acids is 2. The number of amides is 2. The van der Waals surface area contributed by atoms with Crippen LogP contribution in [0.1, 0.15) is 44.2 Å². The van der Waals surface area contributed by atoms with Gasteiger partial charge in [-0.3, -0.25) is 9.59 Å². The van der Waals surface area contributed by atoms with Crippen LogP contribution in [0.3, 0.4) is 0 Å². The van der Waals surface area contributed by atoms with E-state index in [9.17, 15) is 9.59 Å². The van der Waals surface area contributed by atoms with E-state index < -0.39 is 0 Å². The van der Waals surface area contributed by atoms with Crippen molar-refractivity contribution in [1.29, 1.82) is 0 Å². The second kappa shape index (κ2) is 8.85. The van der Waals surface area contributed by atoms with Crippen molar-refractivity contribution < 1.29 is 9.59 Å². The summed E-state index contributed by atoms with van der Waals surface area (Å²) < 4.78 is 0. The number of rotatable bonds is 6. The number of carbonyl (C=O) groups is 2. The first-order chi connectivity index (χ1) is 13.5. The quantitative estimate of drug-likeness (QED) is 0.578. The van der Waals surface area contributed by atoms with Gasteiger partial charge >= 0.3 is 0 Å². The summed E-state index contributed by atoms with van der Waals surface area (Å²) in [5, 5.41) is 2.92. The minimum Gasteiger partial charge on any atom is -0.326 e. The smallest absolute Gasteiger partial charge is 0.224 e. The van der Waals surface area contributed by atoms with Crippen molar-refractivity contribution in [2.45, 2.75) is 38.6 Å². The SMILES string of the molecule is C=CCCCC(=O)Nc1ccc(-c2ccc3c(c2)C(N)CCN3C(C)=O)cc1. The van der Waals surface area contributed by atoms with Gasteiger partial charge in [-0.25, -0.2) is 0 Å². The average molecular weight is 377 g/mol. The van der Waals surface area contributed by atoms with Crippen LogP contribution in [0.5, 0.6) is 0 Å². The molecular weight excluding hydrogens is 350 g/mol. The van der Waals surface area contributed by atoms with Crippen molar-refractivity contribution in [2.24, 2.45) is 5.73 Å². The second-order valence-electron chi connectivity index (χ2n) is 7.15. The molecule has 3 rings (SSSR count). The lowest BCUT2D eigenvalue weighted by Gasteiger charge is -2.32. The molecule has 0 saturated heterocycles. The first-order valence-corrected chi connectivity index (χ1v) is 9.68. The Labute approximate surface area is 166 Å². The fourth-order valence-electron chi connectivity index (χ4n) is 3.52. The standard InChI is InChI=1S/C23H27N3O2/c1-3-4-5-6-23(28)25-19-10-7-17(8-11-19)18-9-12-22-20(15-18)21(24)13-14-26(22)16(2)27/h3,7-12,15,21H,1,4-6,13-14,24H2,2H3,(H,25,28). The Kier molecular flexibility index (Phi) is 6.26. The highest BCUT2D eigenvalue weighted by molar-refractivity contribution is 5.94. The van der Waals surface area contributed by atoms with E-state index in [0.29, 0.717) is 13.0 Å². The van der Waals surface area contributed by atoms with Gasteiger partial charge in [-0.2, -0.15) is 0 Å². The molecule has 5 heteroatoms. The molecule has 1 heterocycles. The predicted molar refractivity (Wildman–Crippen MR) is 114 cm³/mol. The maximum atomic E-state index is 11.9. The topological polar surface area (TPSA) is 75.4 Å². The number of allylic oxidation sites excluding steroid dienone is 1. The van der Waals surface area contributed by atoms with Gasteiger partial charge in [0.05, 0.1) is 0 Å². The molecule has 0 saturated carbocycles. The molecule has 28 heavy (non-hydrogen) atoms. The Morgan fingerprint density at radius 3 is 2.61 bits per heavy atom. The number of fused-ring (bicyclic) bond motifs is 1. The number of anilines is 2. The summed E-state index contributed by atoms with van der Waals surface area (Å²) in [6, 6.07) is 13.8. The third kappa shape index (κ3) is 4.49. The van der Waals surface area contributed by atoms with Gasteiger partial charge < -0.3 is 16.0 Å². The molecule has 1 atom stereocenters. The van der Waals surface area contributed by atoms with Crippen molar-refractivity contribution >= 4 is 23.2 Å². The van der Waals surface area contributed by atoms with Crippen molar-refractivity contribution in [3.05, 3.63) is 60.7 Å². The Hall–Kier alpha value is -2.92. The summed E-state index contributed by atoms with van der Waals surface area (Å²) in [6.45, 7) is 5.90. The van der Waals surface area contributed by atoms with Crippen LogP contribution in [0, 0.1) is 0 Å². The summed E-state index contributed by atoms with van der Waals surface area (Å²) in [5.41, 5.74) is 11.1. The average Bonchev–Trinajstić information content (AvgIpc) is 2.69. The summed E-state index contributed by atoms with van der Waals surface area (Å²) in [7, 11) is 0. The fourth-order valence-corrected chi connectivity index (χ4v) is 3.52. The molecule has 5 nitrogen and oxygen atoms in total. The van der Waals surface area contributed by atoms with E-state index in [-0.39, 0.29) is 17.9 Å². The number of nitrogens with two attached hydrogens (primary N) is 1. The zero-order valence-electron chi connectivity index (χ0n) is 16.3. The van der Waals surface area contributed by atoms with Crippen molar-refractivity contribution in [3.63, 3.8) is 0 Å². The Balaban J connectivity index is 1.75. The van der Waals surface area contributed by atoms with Crippen molar-refractivity contribution in [1.82, 2.24) is 0 Å². The number of hydrogen-bond donors (Lipinski definition) is 2. The van der Waals surface area contributed by atoms with E-state index in [2.05, 4.69) is 18.0 Å². The maximum absolute atomic E-state index is 11.9. The lowest BCUT2D eigenvalue weighted by molar-refractivity contribution is -0.117. The molecule has 146 valence electrons. The molecule has 1 aliphatic rings. The minimum atomic E-state index is -0.0697. The van der Waals surface area contributed by atoms with Gasteiger partial charge in [-0.05, 0) is 60.2 Å². The predicted octanol–water partition coefficient (Wildman–Crippen LogP) is 4.40. The second-order valence-corrected chi connectivity index (χ2v) is 7.15. The van der Waals surface area contributed by atoms with Crippen LogP contribution >= 0.6 is 0 Å². The first-order valence-electron chi connectivity index (χ1n) is 9.68. The van der Waals surface area contributed by atoms with E-state index in [1.54, 1.807) is 11.8 Å². The van der Waals surface area contributed by atoms with E-state index in [1.165, 1.54) is 0 Å². The molecule has 2 aromatic rings. The first kappa shape index (κ1) is 19.8. The van der Waals surface area contributed by atoms with Gasteiger partial charge in [0.1, 0.15) is 0 Å². The summed E-state index contributed by atoms with van der Waals surface area (Å²) in [6.07, 6.45) is 4.71. The normalized spacial score (nSPS) is 15.6. The monoisotopic (exact) mass is 377 g/mol. The molecule has 0 fully saturated rings. The highest BCUT2D eigenvalue weighted by atomic mass is 16.2. The number of nitrogens with zero attached hydrogens (tertiary/aromatic N) is 1. The van der Waals surface area contributed by atoms with E-state index in [1.807, 2.05) is 42.5 Å². The summed E-state index contributed by atoms with van der Waals surface area (Å²) in [5.74, 6) is 0.0489. The number of benzene rings is 2. The van der Waals surface area contributed by atoms with Crippen molar-refractivity contribution in [2.75, 3.05) is 16.8 Å². The van der Waals surface area contributed by atoms with Crippen LogP contribution in [0.25, 0.3) is 11.1 Å². The van der Waals surface area contributed by atoms with Crippen LogP contribution in [0.4, 0.5) is 11.4 Å². The lowest BCUT2D eigenvalue weighted by Crippen LogP contribution is -2.36. The molecule has 1 aliphatic heterocycles. The fraction of sp³-hybridized carbons (Fsp3) is 0.304. The van der Waals surface area contributed by atoms with Crippen molar-refractivity contribution in [3.8, 4) is 11.1 Å². The summed E-state index contributed by atoms with van der Waals surface area (Å²) >= 11 is 0. The number of hydrogen-bond acceptors (Lipinski definition) is 3. The lowest BCUT2D eigenvalue weighted by atomic mass is 9.93. The van der Waals surface area contributed by atoms with E-state index in [0.717, 1.165) is 47.3 Å². The molecular formula is C23H27N3O2. The molecule has 0 spiro atoms. The zero-order chi connectivity index (χ0) is 20.1. The van der Waals surface area contributed by atoms with Crippen LogP contribution in [0.2, 0.25) is 0 Å². The molecule has 1 unspecified atom stereocenters. The third-order valence-corrected chi connectivity index (χ3v) is 5.08. The van der Waals surface area contributed by atoms with Gasteiger partial charge in [0, 0.05) is 37.3 Å².